The Balaban J connectivity index is 1.92. The maximum absolute atomic E-state index is 12.7. The second kappa shape index (κ2) is 4.80. The first-order valence-corrected chi connectivity index (χ1v) is 6.18. The number of rotatable bonds is 0. The maximum atomic E-state index is 12.7. The van der Waals surface area contributed by atoms with Crippen LogP contribution in [0.3, 0.4) is 0 Å². The van der Waals surface area contributed by atoms with E-state index >= 15 is 0 Å². The molecule has 0 aromatic heterocycles. The van der Waals surface area contributed by atoms with Gasteiger partial charge in [0.2, 0.25) is 0 Å². The quantitative estimate of drug-likeness (QED) is 0.702. The minimum absolute atomic E-state index is 0.145. The molecule has 0 radical (unpaired) electrons. The van der Waals surface area contributed by atoms with E-state index in [1.165, 1.54) is 0 Å². The van der Waals surface area contributed by atoms with E-state index in [-0.39, 0.29) is 19.4 Å². The van der Waals surface area contributed by atoms with Crippen LogP contribution >= 0.6 is 0 Å². The van der Waals surface area contributed by atoms with E-state index in [2.05, 4.69) is 0 Å². The number of hydrogen-bond acceptors (Lipinski definition) is 4. The lowest BCUT2D eigenvalue weighted by molar-refractivity contribution is -0.182. The van der Waals surface area contributed by atoms with Crippen molar-refractivity contribution in [3.63, 3.8) is 0 Å². The van der Waals surface area contributed by atoms with E-state index in [4.69, 9.17) is 14.2 Å². The van der Waals surface area contributed by atoms with Gasteiger partial charge in [-0.2, -0.15) is 0 Å². The van der Waals surface area contributed by atoms with E-state index in [1.54, 1.807) is 0 Å². The highest BCUT2D eigenvalue weighted by molar-refractivity contribution is 6.03. The highest BCUT2D eigenvalue weighted by atomic mass is 16.7. The summed E-state index contributed by atoms with van der Waals surface area (Å²) in [5.41, 5.74) is 1.42. The Morgan fingerprint density at radius 3 is 2.50 bits per heavy atom. The van der Waals surface area contributed by atoms with Crippen molar-refractivity contribution in [2.75, 3.05) is 26.8 Å². The van der Waals surface area contributed by atoms with Crippen LogP contribution in [-0.4, -0.2) is 32.6 Å². The molecule has 0 N–H and O–H groups in total. The third kappa shape index (κ3) is 1.96. The molecule has 4 heteroatoms. The summed E-state index contributed by atoms with van der Waals surface area (Å²) in [6, 6.07) is 7.80. The summed E-state index contributed by atoms with van der Waals surface area (Å²) < 4.78 is 15.9. The van der Waals surface area contributed by atoms with Crippen molar-refractivity contribution in [1.29, 1.82) is 0 Å². The van der Waals surface area contributed by atoms with Crippen LogP contribution in [-0.2, 0) is 20.6 Å². The van der Waals surface area contributed by atoms with Crippen molar-refractivity contribution < 1.29 is 19.0 Å². The summed E-state index contributed by atoms with van der Waals surface area (Å²) in [4.78, 5) is 12.7. The smallest absolute Gasteiger partial charge is 0.173 e. The van der Waals surface area contributed by atoms with Crippen LogP contribution in [0, 0.1) is 5.41 Å². The fraction of sp³-hybridized carbons (Fsp3) is 0.500. The van der Waals surface area contributed by atoms with E-state index in [9.17, 15) is 4.79 Å². The molecule has 1 aliphatic heterocycles. The van der Waals surface area contributed by atoms with Gasteiger partial charge >= 0.3 is 0 Å². The third-order valence-corrected chi connectivity index (χ3v) is 3.71. The van der Waals surface area contributed by atoms with Gasteiger partial charge in [0.25, 0.3) is 0 Å². The van der Waals surface area contributed by atoms with Crippen LogP contribution in [0.4, 0.5) is 0 Å². The lowest BCUT2D eigenvalue weighted by Crippen LogP contribution is -2.45. The number of fused-ring (bicyclic) bond motifs is 1. The maximum Gasteiger partial charge on any atom is 0.173 e. The summed E-state index contributed by atoms with van der Waals surface area (Å²) >= 11 is 0. The van der Waals surface area contributed by atoms with E-state index < -0.39 is 5.41 Å². The Labute approximate surface area is 106 Å². The number of ether oxygens (including phenoxy) is 3. The molecule has 1 heterocycles. The van der Waals surface area contributed by atoms with Crippen LogP contribution in [0.1, 0.15) is 22.3 Å². The number of Topliss-reactive ketones (excluding diaryl/α,β-unsaturated/α-hetero) is 1. The molecule has 1 fully saturated rings. The molecule has 1 saturated heterocycles. The molecule has 1 spiro atoms. The molecule has 0 amide bonds. The molecule has 0 unspecified atom stereocenters. The zero-order chi connectivity index (χ0) is 12.4. The molecule has 4 nitrogen and oxygen atoms in total. The van der Waals surface area contributed by atoms with Gasteiger partial charge in [0.1, 0.15) is 13.6 Å². The monoisotopic (exact) mass is 248 g/mol. The molecule has 1 aromatic carbocycles. The number of benzene rings is 1. The van der Waals surface area contributed by atoms with Gasteiger partial charge in [-0.1, -0.05) is 24.3 Å². The van der Waals surface area contributed by atoms with Crippen molar-refractivity contribution >= 4 is 5.78 Å². The average molecular weight is 248 g/mol. The van der Waals surface area contributed by atoms with Gasteiger partial charge in [0.15, 0.2) is 5.78 Å². The highest BCUT2D eigenvalue weighted by Gasteiger charge is 2.43. The largest absolute Gasteiger partial charge is 0.354 e. The topological polar surface area (TPSA) is 44.8 Å². The second-order valence-electron chi connectivity index (χ2n) is 4.90. The van der Waals surface area contributed by atoms with Crippen LogP contribution in [0.15, 0.2) is 24.3 Å². The highest BCUT2D eigenvalue weighted by Crippen LogP contribution is 2.36. The SMILES string of the molecule is O=C1c2ccccc2CCC12COCOCOC2. The third-order valence-electron chi connectivity index (χ3n) is 3.71. The van der Waals surface area contributed by atoms with E-state index in [0.717, 1.165) is 24.0 Å². The fourth-order valence-corrected chi connectivity index (χ4v) is 2.68. The molecule has 0 atom stereocenters. The Bertz CT molecular complexity index is 447. The predicted molar refractivity (Wildman–Crippen MR) is 64.2 cm³/mol. The van der Waals surface area contributed by atoms with Gasteiger partial charge in [-0.25, -0.2) is 0 Å². The molecule has 0 saturated carbocycles. The van der Waals surface area contributed by atoms with Crippen molar-refractivity contribution in [1.82, 2.24) is 0 Å². The molecule has 2 aliphatic rings. The predicted octanol–water partition coefficient (Wildman–Crippen LogP) is 1.78. The van der Waals surface area contributed by atoms with Gasteiger partial charge in [0, 0.05) is 5.56 Å². The summed E-state index contributed by atoms with van der Waals surface area (Å²) in [5.74, 6) is 0.145. The summed E-state index contributed by atoms with van der Waals surface area (Å²) in [5, 5.41) is 0. The lowest BCUT2D eigenvalue weighted by atomic mass is 9.71. The molecular formula is C14H16O4. The molecule has 0 bridgehead atoms. The Kier molecular flexibility index (Phi) is 3.16. The van der Waals surface area contributed by atoms with Crippen LogP contribution < -0.4 is 0 Å². The first kappa shape index (κ1) is 11.8. The molecular weight excluding hydrogens is 232 g/mol. The van der Waals surface area contributed by atoms with E-state index in [1.807, 2.05) is 24.3 Å². The van der Waals surface area contributed by atoms with Crippen molar-refractivity contribution in [3.8, 4) is 0 Å². The van der Waals surface area contributed by atoms with Crippen LogP contribution in [0.25, 0.3) is 0 Å². The molecule has 1 aromatic rings. The van der Waals surface area contributed by atoms with Gasteiger partial charge in [-0.3, -0.25) is 4.79 Å². The van der Waals surface area contributed by atoms with Crippen LogP contribution in [0.5, 0.6) is 0 Å². The molecule has 1 aliphatic carbocycles. The number of carbonyl (C=O) groups is 1. The molecule has 96 valence electrons. The Morgan fingerprint density at radius 1 is 1.00 bits per heavy atom. The van der Waals surface area contributed by atoms with Gasteiger partial charge in [0.05, 0.1) is 18.6 Å². The second-order valence-corrected chi connectivity index (χ2v) is 4.90. The number of ketones is 1. The zero-order valence-corrected chi connectivity index (χ0v) is 10.2. The van der Waals surface area contributed by atoms with Crippen molar-refractivity contribution in [3.05, 3.63) is 35.4 Å². The van der Waals surface area contributed by atoms with Gasteiger partial charge in [-0.15, -0.1) is 0 Å². The van der Waals surface area contributed by atoms with Gasteiger partial charge < -0.3 is 14.2 Å². The number of carbonyl (C=O) groups excluding carboxylic acids is 1. The van der Waals surface area contributed by atoms with Gasteiger partial charge in [-0.05, 0) is 18.4 Å². The normalized spacial score (nSPS) is 23.2. The number of aryl methyl sites for hydroxylation is 1. The summed E-state index contributed by atoms with van der Waals surface area (Å²) in [6.45, 7) is 1.13. The van der Waals surface area contributed by atoms with E-state index in [0.29, 0.717) is 13.2 Å². The lowest BCUT2D eigenvalue weighted by Gasteiger charge is -2.37. The summed E-state index contributed by atoms with van der Waals surface area (Å²) in [7, 11) is 0. The Morgan fingerprint density at radius 2 is 1.72 bits per heavy atom. The zero-order valence-electron chi connectivity index (χ0n) is 10.2. The molecule has 18 heavy (non-hydrogen) atoms. The number of hydrogen-bond donors (Lipinski definition) is 0. The first-order chi connectivity index (χ1) is 8.82. The van der Waals surface area contributed by atoms with Crippen molar-refractivity contribution in [2.45, 2.75) is 12.8 Å². The van der Waals surface area contributed by atoms with Crippen molar-refractivity contribution in [2.24, 2.45) is 5.41 Å². The summed E-state index contributed by atoms with van der Waals surface area (Å²) in [6.07, 6.45) is 1.68. The standard InChI is InChI=1S/C14H16O4/c15-13-12-4-2-1-3-11(12)5-6-14(13)7-16-9-18-10-17-8-14/h1-4H,5-10H2. The minimum Gasteiger partial charge on any atom is -0.354 e. The fourth-order valence-electron chi connectivity index (χ4n) is 2.68. The van der Waals surface area contributed by atoms with Crippen LogP contribution in [0.2, 0.25) is 0 Å². The average Bonchev–Trinajstić information content (AvgIpc) is 2.38. The minimum atomic E-state index is -0.530. The molecule has 3 rings (SSSR count). The Hall–Kier alpha value is -1.23. The first-order valence-electron chi connectivity index (χ1n) is 6.18.